The van der Waals surface area contributed by atoms with E-state index >= 15 is 0 Å². The van der Waals surface area contributed by atoms with E-state index in [2.05, 4.69) is 0 Å². The Balaban J connectivity index is 1.33. The highest BCUT2D eigenvalue weighted by Gasteiger charge is 2.24. The number of benzene rings is 2. The van der Waals surface area contributed by atoms with Gasteiger partial charge in [-0.2, -0.15) is 0 Å². The van der Waals surface area contributed by atoms with E-state index in [9.17, 15) is 14.2 Å². The molecule has 2 aromatic carbocycles. The first-order valence-corrected chi connectivity index (χ1v) is 18.8. The summed E-state index contributed by atoms with van der Waals surface area (Å²) in [4.78, 5) is 22.2. The zero-order valence-electron chi connectivity index (χ0n) is 27.2. The summed E-state index contributed by atoms with van der Waals surface area (Å²) >= 11 is 10.9. The fourth-order valence-electron chi connectivity index (χ4n) is 4.77. The lowest BCUT2D eigenvalue weighted by molar-refractivity contribution is 0.107. The summed E-state index contributed by atoms with van der Waals surface area (Å²) in [7, 11) is -2.11. The number of ether oxygens (including phenoxy) is 2. The largest absolute Gasteiger partial charge is 0.494 e. The normalized spacial score (nSPS) is 11.5. The molecule has 8 nitrogen and oxygen atoms in total. The Hall–Kier alpha value is -1.93. The quantitative estimate of drug-likeness (QED) is 0.0470. The van der Waals surface area contributed by atoms with Crippen LogP contribution in [0.15, 0.2) is 48.5 Å². The Morgan fingerprint density at radius 2 is 0.783 bits per heavy atom. The van der Waals surface area contributed by atoms with E-state index in [0.29, 0.717) is 37.6 Å². The molecule has 46 heavy (non-hydrogen) atoms. The van der Waals surface area contributed by atoms with E-state index < -0.39 is 18.3 Å². The second-order valence-electron chi connectivity index (χ2n) is 11.2. The first-order valence-electron chi connectivity index (χ1n) is 16.6. The molecule has 0 unspecified atom stereocenters. The Labute approximate surface area is 285 Å². The molecule has 0 saturated heterocycles. The van der Waals surface area contributed by atoms with Crippen molar-refractivity contribution in [3.63, 3.8) is 0 Å². The molecule has 0 radical (unpaired) electrons. The lowest BCUT2D eigenvalue weighted by Crippen LogP contribution is -2.01. The molecule has 0 aliphatic carbocycles. The highest BCUT2D eigenvalue weighted by atomic mass is 35.5. The van der Waals surface area contributed by atoms with Gasteiger partial charge in [0.05, 0.1) is 26.4 Å². The van der Waals surface area contributed by atoms with Crippen molar-refractivity contribution in [2.24, 2.45) is 0 Å². The van der Waals surface area contributed by atoms with Gasteiger partial charge in [-0.15, -0.1) is 0 Å². The third kappa shape index (κ3) is 19.0. The first-order chi connectivity index (χ1) is 22.3. The zero-order valence-corrected chi connectivity index (χ0v) is 29.6. The minimum atomic E-state index is -3.48. The maximum Gasteiger partial charge on any atom is 0.474 e. The predicted octanol–water partition coefficient (Wildman–Crippen LogP) is 10.9. The second-order valence-corrected chi connectivity index (χ2v) is 13.7. The van der Waals surface area contributed by atoms with Crippen LogP contribution in [0.3, 0.4) is 0 Å². The van der Waals surface area contributed by atoms with Crippen LogP contribution in [0.5, 0.6) is 11.5 Å². The standard InChI is InChI=1S/C35H51Cl2O8P/c1-41-46(40,44-28-16-12-8-4-2-6-10-14-26-42-32-22-18-30(19-23-32)34(36)38)45-29-17-13-9-5-3-7-11-15-27-43-33-24-20-31(21-25-33)35(37)39/h18-25H,2-17,26-29H2,1H3. The summed E-state index contributed by atoms with van der Waals surface area (Å²) in [6.45, 7) is 2.06. The summed E-state index contributed by atoms with van der Waals surface area (Å²) in [5.74, 6) is 1.50. The van der Waals surface area contributed by atoms with Gasteiger partial charge in [0.15, 0.2) is 0 Å². The number of carbonyl (C=O) groups excluding carboxylic acids is 2. The van der Waals surface area contributed by atoms with Gasteiger partial charge in [-0.3, -0.25) is 23.2 Å². The maximum atomic E-state index is 12.6. The highest BCUT2D eigenvalue weighted by Crippen LogP contribution is 2.48. The van der Waals surface area contributed by atoms with Crippen LogP contribution >= 0.6 is 31.0 Å². The molecular weight excluding hydrogens is 650 g/mol. The number of halogens is 2. The maximum absolute atomic E-state index is 12.6. The Morgan fingerprint density at radius 1 is 0.500 bits per heavy atom. The van der Waals surface area contributed by atoms with Gasteiger partial charge in [0.25, 0.3) is 10.5 Å². The molecular formula is C35H51Cl2O8P. The number of unbranched alkanes of at least 4 members (excludes halogenated alkanes) is 14. The van der Waals surface area contributed by atoms with Gasteiger partial charge in [-0.05, 0) is 97.4 Å². The molecule has 0 aliphatic rings. The lowest BCUT2D eigenvalue weighted by atomic mass is 10.1. The van der Waals surface area contributed by atoms with Crippen LogP contribution in [0, 0.1) is 0 Å². The molecule has 258 valence electrons. The van der Waals surface area contributed by atoms with Crippen LogP contribution in [0.25, 0.3) is 0 Å². The van der Waals surface area contributed by atoms with Crippen molar-refractivity contribution in [2.75, 3.05) is 33.5 Å². The summed E-state index contributed by atoms with van der Waals surface area (Å²) in [5.41, 5.74) is 0.937. The Bertz CT molecular complexity index is 1060. The third-order valence-electron chi connectivity index (χ3n) is 7.50. The molecule has 0 saturated carbocycles. The first kappa shape index (κ1) is 40.2. The average Bonchev–Trinajstić information content (AvgIpc) is 3.06. The fourth-order valence-corrected chi connectivity index (χ4v) is 6.01. The minimum absolute atomic E-state index is 0.370. The van der Waals surface area contributed by atoms with Crippen molar-refractivity contribution in [2.45, 2.75) is 103 Å². The highest BCUT2D eigenvalue weighted by molar-refractivity contribution is 7.48. The van der Waals surface area contributed by atoms with Gasteiger partial charge in [0, 0.05) is 18.2 Å². The minimum Gasteiger partial charge on any atom is -0.494 e. The van der Waals surface area contributed by atoms with Crippen molar-refractivity contribution in [1.82, 2.24) is 0 Å². The molecule has 0 N–H and O–H groups in total. The summed E-state index contributed by atoms with van der Waals surface area (Å²) in [6, 6.07) is 13.7. The van der Waals surface area contributed by atoms with Crippen LogP contribution < -0.4 is 9.47 Å². The molecule has 2 rings (SSSR count). The number of phosphoric ester groups is 1. The van der Waals surface area contributed by atoms with E-state index in [1.807, 2.05) is 0 Å². The van der Waals surface area contributed by atoms with Gasteiger partial charge in [-0.1, -0.05) is 77.0 Å². The van der Waals surface area contributed by atoms with Crippen LogP contribution in [0.4, 0.5) is 0 Å². The number of carbonyl (C=O) groups is 2. The molecule has 2 aromatic rings. The Kier molecular flexibility index (Phi) is 22.0. The summed E-state index contributed by atoms with van der Waals surface area (Å²) in [6.07, 6.45) is 17.2. The fraction of sp³-hybridized carbons (Fsp3) is 0.600. The van der Waals surface area contributed by atoms with Crippen molar-refractivity contribution in [3.8, 4) is 11.5 Å². The van der Waals surface area contributed by atoms with Crippen LogP contribution in [0.2, 0.25) is 0 Å². The second kappa shape index (κ2) is 25.1. The molecule has 0 aromatic heterocycles. The van der Waals surface area contributed by atoms with Crippen molar-refractivity contribution in [3.05, 3.63) is 59.7 Å². The van der Waals surface area contributed by atoms with Crippen LogP contribution in [0.1, 0.15) is 123 Å². The van der Waals surface area contributed by atoms with Crippen molar-refractivity contribution >= 4 is 41.5 Å². The number of phosphoric acid groups is 1. The molecule has 0 bridgehead atoms. The number of hydrogen-bond donors (Lipinski definition) is 0. The SMILES string of the molecule is COP(=O)(OCCCCCCCCCCOc1ccc(C(=O)Cl)cc1)OCCCCCCCCCCOc1ccc(C(=O)Cl)cc1. The number of rotatable bonds is 29. The van der Waals surface area contributed by atoms with Crippen LogP contribution in [-0.2, 0) is 18.1 Å². The number of hydrogen-bond acceptors (Lipinski definition) is 8. The molecule has 0 amide bonds. The van der Waals surface area contributed by atoms with Gasteiger partial charge >= 0.3 is 7.82 Å². The predicted molar refractivity (Wildman–Crippen MR) is 185 cm³/mol. The van der Waals surface area contributed by atoms with Crippen molar-refractivity contribution < 1.29 is 37.2 Å². The monoisotopic (exact) mass is 700 g/mol. The van der Waals surface area contributed by atoms with E-state index in [4.69, 9.17) is 46.2 Å². The van der Waals surface area contributed by atoms with Gasteiger partial charge < -0.3 is 9.47 Å². The Morgan fingerprint density at radius 3 is 1.07 bits per heavy atom. The molecule has 11 heteroatoms. The summed E-state index contributed by atoms with van der Waals surface area (Å²) in [5, 5.41) is -0.930. The molecule has 0 heterocycles. The van der Waals surface area contributed by atoms with Gasteiger partial charge in [0.2, 0.25) is 0 Å². The smallest absolute Gasteiger partial charge is 0.474 e. The third-order valence-corrected chi connectivity index (χ3v) is 9.38. The van der Waals surface area contributed by atoms with Gasteiger partial charge in [-0.25, -0.2) is 4.57 Å². The molecule has 0 spiro atoms. The molecule has 0 atom stereocenters. The van der Waals surface area contributed by atoms with Crippen molar-refractivity contribution in [1.29, 1.82) is 0 Å². The molecule has 0 aliphatic heterocycles. The van der Waals surface area contributed by atoms with Gasteiger partial charge in [0.1, 0.15) is 11.5 Å². The average molecular weight is 702 g/mol. The zero-order chi connectivity index (χ0) is 33.3. The van der Waals surface area contributed by atoms with Crippen LogP contribution in [-0.4, -0.2) is 44.0 Å². The van der Waals surface area contributed by atoms with E-state index in [1.54, 1.807) is 48.5 Å². The van der Waals surface area contributed by atoms with E-state index in [-0.39, 0.29) is 0 Å². The topological polar surface area (TPSA) is 97.4 Å². The lowest BCUT2D eigenvalue weighted by Gasteiger charge is -2.15. The molecule has 0 fully saturated rings. The summed E-state index contributed by atoms with van der Waals surface area (Å²) < 4.78 is 40.1. The van der Waals surface area contributed by atoms with E-state index in [0.717, 1.165) is 88.5 Å². The van der Waals surface area contributed by atoms with E-state index in [1.165, 1.54) is 32.8 Å².